The number of rotatable bonds is 15. The molecular weight excluding hydrogens is 600 g/mol. The number of carbonyl (C=O) groups excluding carboxylic acids is 1. The van der Waals surface area contributed by atoms with Crippen LogP contribution >= 0.6 is 11.8 Å². The second-order valence-electron chi connectivity index (χ2n) is 10.7. The van der Waals surface area contributed by atoms with E-state index in [0.717, 1.165) is 24.5 Å². The molecule has 0 aliphatic carbocycles. The third-order valence-corrected chi connectivity index (χ3v) is 8.89. The molecule has 4 rings (SSSR count). The number of likely N-dealkylation sites (N-methyl/N-ethyl adjacent to an activating group) is 1. The second-order valence-corrected chi connectivity index (χ2v) is 12.2. The highest BCUT2D eigenvalue weighted by Crippen LogP contribution is 2.44. The number of para-hydroxylation sites is 1. The van der Waals surface area contributed by atoms with Crippen molar-refractivity contribution in [3.63, 3.8) is 0 Å². The molecule has 0 aromatic heterocycles. The van der Waals surface area contributed by atoms with Crippen LogP contribution in [0.5, 0.6) is 11.5 Å². The predicted octanol–water partition coefficient (Wildman–Crippen LogP) is -0.673. The molecule has 12 heteroatoms. The van der Waals surface area contributed by atoms with Gasteiger partial charge in [0.25, 0.3) is 0 Å². The molecule has 3 aromatic carbocycles. The Labute approximate surface area is 268 Å². The van der Waals surface area contributed by atoms with E-state index in [4.69, 9.17) is 24.8 Å². The van der Waals surface area contributed by atoms with E-state index in [1.807, 2.05) is 36.0 Å². The number of anilines is 1. The van der Waals surface area contributed by atoms with Crippen LogP contribution in [-0.2, 0) is 9.54 Å². The molecule has 45 heavy (non-hydrogen) atoms. The lowest BCUT2D eigenvalue weighted by Crippen LogP contribution is -2.83. The Morgan fingerprint density at radius 1 is 0.978 bits per heavy atom. The van der Waals surface area contributed by atoms with E-state index in [0.29, 0.717) is 18.1 Å². The molecule has 1 heterocycles. The highest BCUT2D eigenvalue weighted by molar-refractivity contribution is 8.00. The Kier molecular flexibility index (Phi) is 14.4. The quantitative estimate of drug-likeness (QED) is 0.124. The molecule has 246 valence electrons. The van der Waals surface area contributed by atoms with Gasteiger partial charge in [0.1, 0.15) is 44.2 Å². The van der Waals surface area contributed by atoms with E-state index in [9.17, 15) is 20.1 Å². The molecule has 0 saturated carbocycles. The smallest absolute Gasteiger partial charge is 0.184 e. The van der Waals surface area contributed by atoms with Gasteiger partial charge in [-0.05, 0) is 30.2 Å². The van der Waals surface area contributed by atoms with E-state index >= 15 is 0 Å². The largest absolute Gasteiger partial charge is 0.546 e. The van der Waals surface area contributed by atoms with Crippen molar-refractivity contribution in [3.05, 3.63) is 90.0 Å². The van der Waals surface area contributed by atoms with Gasteiger partial charge in [-0.15, -0.1) is 11.8 Å². The molecule has 0 bridgehead atoms. The number of aliphatic hydroxyl groups excluding tert-OH is 5. The summed E-state index contributed by atoms with van der Waals surface area (Å²) in [5, 5.41) is 57.4. The van der Waals surface area contributed by atoms with Crippen LogP contribution in [0.15, 0.2) is 78.9 Å². The van der Waals surface area contributed by atoms with Crippen LogP contribution in [0.4, 0.5) is 5.69 Å². The minimum Gasteiger partial charge on any atom is -0.546 e. The van der Waals surface area contributed by atoms with Gasteiger partial charge < -0.3 is 55.1 Å². The normalized spacial score (nSPS) is 15.4. The molecule has 0 amide bonds. The van der Waals surface area contributed by atoms with Crippen LogP contribution in [0.2, 0.25) is 0 Å². The van der Waals surface area contributed by atoms with Gasteiger partial charge in [0.05, 0.1) is 36.6 Å². The van der Waals surface area contributed by atoms with Gasteiger partial charge >= 0.3 is 0 Å². The SMILES string of the molecule is CC(SCCN1CCOc2c(OCC(=O)[O-])cccc21)(c1ccccc1)c1ccccc1.C[NH2+]C[C@@H](O)[C@H](O)[C@@H](O)[C@@H](O)CO. The van der Waals surface area contributed by atoms with Gasteiger partial charge in [-0.1, -0.05) is 66.7 Å². The van der Waals surface area contributed by atoms with Crippen molar-refractivity contribution in [1.82, 2.24) is 0 Å². The number of carbonyl (C=O) groups is 1. The van der Waals surface area contributed by atoms with Crippen molar-refractivity contribution >= 4 is 23.4 Å². The average molecular weight is 645 g/mol. The number of fused-ring (bicyclic) bond motifs is 1. The van der Waals surface area contributed by atoms with Crippen LogP contribution in [0, 0.1) is 0 Å². The molecule has 1 aliphatic rings. The first-order valence-corrected chi connectivity index (χ1v) is 15.8. The van der Waals surface area contributed by atoms with Crippen LogP contribution in [0.3, 0.4) is 0 Å². The molecule has 11 nitrogen and oxygen atoms in total. The van der Waals surface area contributed by atoms with Gasteiger partial charge in [-0.25, -0.2) is 0 Å². The van der Waals surface area contributed by atoms with Gasteiger partial charge in [0.2, 0.25) is 0 Å². The average Bonchev–Trinajstić information content (AvgIpc) is 3.07. The minimum atomic E-state index is -1.53. The fraction of sp³-hybridized carbons (Fsp3) is 0.424. The molecule has 1 aliphatic heterocycles. The zero-order valence-electron chi connectivity index (χ0n) is 25.6. The van der Waals surface area contributed by atoms with Gasteiger partial charge in [0, 0.05) is 12.3 Å². The summed E-state index contributed by atoms with van der Waals surface area (Å²) in [6.45, 7) is 3.48. The summed E-state index contributed by atoms with van der Waals surface area (Å²) in [5.74, 6) is 0.679. The number of thioether (sulfide) groups is 1. The molecular formula is C33H44N2O9S. The van der Waals surface area contributed by atoms with Gasteiger partial charge in [-0.3, -0.25) is 0 Å². The Morgan fingerprint density at radius 2 is 1.58 bits per heavy atom. The van der Waals surface area contributed by atoms with Gasteiger partial charge in [-0.2, -0.15) is 0 Å². The Hall–Kier alpha value is -3.36. The first kappa shape index (κ1) is 36.1. The van der Waals surface area contributed by atoms with E-state index in [1.165, 1.54) is 11.1 Å². The number of aliphatic hydroxyl groups is 5. The Balaban J connectivity index is 0.000000360. The highest BCUT2D eigenvalue weighted by atomic mass is 32.2. The number of quaternary nitrogens is 1. The number of aliphatic carboxylic acids is 1. The summed E-state index contributed by atoms with van der Waals surface area (Å²) >= 11 is 1.92. The number of carboxylic acids is 1. The second kappa shape index (κ2) is 18.0. The monoisotopic (exact) mass is 644 g/mol. The van der Waals surface area contributed by atoms with Crippen molar-refractivity contribution in [2.45, 2.75) is 36.1 Å². The van der Waals surface area contributed by atoms with Crippen LogP contribution in [0.1, 0.15) is 18.1 Å². The van der Waals surface area contributed by atoms with E-state index in [2.05, 4.69) is 60.4 Å². The molecule has 0 spiro atoms. The molecule has 0 saturated heterocycles. The lowest BCUT2D eigenvalue weighted by Gasteiger charge is -2.34. The maximum atomic E-state index is 10.8. The minimum absolute atomic E-state index is 0.170. The van der Waals surface area contributed by atoms with Crippen molar-refractivity contribution in [2.24, 2.45) is 0 Å². The standard InChI is InChI=1S/C26H27NO4S.C7H17NO5/c1-26(20-9-4-2-5-10-20,21-11-6-3-7-12-21)32-18-16-27-15-17-30-25-22(27)13-8-14-23(25)31-19-24(28)29;1-8-2-4(10)6(12)7(13)5(11)3-9/h2-14H,15-19H2,1H3,(H,28,29);4-13H,2-3H2,1H3/t;4-,5+,6+,7+/m.1/s1. The van der Waals surface area contributed by atoms with E-state index < -0.39 is 43.6 Å². The number of nitrogens with zero attached hydrogens (tertiary/aromatic N) is 1. The number of ether oxygens (including phenoxy) is 2. The summed E-state index contributed by atoms with van der Waals surface area (Å²) in [6, 6.07) is 26.7. The van der Waals surface area contributed by atoms with Crippen LogP contribution in [-0.4, -0.2) is 108 Å². The third kappa shape index (κ3) is 10.1. The van der Waals surface area contributed by atoms with E-state index in [-0.39, 0.29) is 11.3 Å². The topological polar surface area (TPSA) is 180 Å². The number of hydrogen-bond acceptors (Lipinski definition) is 11. The number of hydrogen-bond donors (Lipinski definition) is 6. The fourth-order valence-electron chi connectivity index (χ4n) is 4.91. The summed E-state index contributed by atoms with van der Waals surface area (Å²) in [7, 11) is 1.70. The molecule has 0 fully saturated rings. The third-order valence-electron chi connectivity index (χ3n) is 7.46. The molecule has 7 N–H and O–H groups in total. The lowest BCUT2D eigenvalue weighted by atomic mass is 9.92. The summed E-state index contributed by atoms with van der Waals surface area (Å²) in [5.41, 5.74) is 3.47. The summed E-state index contributed by atoms with van der Waals surface area (Å²) in [6.07, 6.45) is -5.53. The van der Waals surface area contributed by atoms with Crippen LogP contribution < -0.4 is 24.8 Å². The van der Waals surface area contributed by atoms with Crippen molar-refractivity contribution in [2.75, 3.05) is 57.2 Å². The number of carboxylic acid groups (broad SMARTS) is 1. The fourth-order valence-corrected chi connectivity index (χ4v) is 6.23. The van der Waals surface area contributed by atoms with Crippen LogP contribution in [0.25, 0.3) is 0 Å². The number of benzene rings is 3. The van der Waals surface area contributed by atoms with Crippen molar-refractivity contribution < 1.29 is 50.2 Å². The van der Waals surface area contributed by atoms with Crippen molar-refractivity contribution in [3.8, 4) is 11.5 Å². The lowest BCUT2D eigenvalue weighted by molar-refractivity contribution is -0.635. The maximum absolute atomic E-state index is 10.8. The zero-order chi connectivity index (χ0) is 32.8. The summed E-state index contributed by atoms with van der Waals surface area (Å²) in [4.78, 5) is 13.1. The highest BCUT2D eigenvalue weighted by Gasteiger charge is 2.31. The predicted molar refractivity (Wildman–Crippen MR) is 170 cm³/mol. The zero-order valence-corrected chi connectivity index (χ0v) is 26.4. The Bertz CT molecular complexity index is 1260. The summed E-state index contributed by atoms with van der Waals surface area (Å²) < 4.78 is 11.0. The van der Waals surface area contributed by atoms with Crippen molar-refractivity contribution in [1.29, 1.82) is 0 Å². The molecule has 4 atom stereocenters. The van der Waals surface area contributed by atoms with Gasteiger partial charge in [0.15, 0.2) is 11.5 Å². The van der Waals surface area contributed by atoms with E-state index in [1.54, 1.807) is 18.4 Å². The maximum Gasteiger partial charge on any atom is 0.184 e. The first-order valence-electron chi connectivity index (χ1n) is 14.8. The number of nitrogens with two attached hydrogens (primary N) is 1. The molecule has 3 aromatic rings. The molecule has 0 unspecified atom stereocenters. The first-order chi connectivity index (χ1) is 21.6. The molecule has 0 radical (unpaired) electrons. The Morgan fingerprint density at radius 3 is 2.13 bits per heavy atom.